The molecular formula is C11H12Br2N4O2S. The first kappa shape index (κ1) is 15.6. The third-order valence-electron chi connectivity index (χ3n) is 2.63. The summed E-state index contributed by atoms with van der Waals surface area (Å²) in [5, 5.41) is 7.64. The van der Waals surface area contributed by atoms with Crippen molar-refractivity contribution in [3.05, 3.63) is 39.3 Å². The fraction of sp³-hybridized carbons (Fsp3) is 0.273. The molecule has 0 spiro atoms. The number of nitrogens with zero attached hydrogens (tertiary/aromatic N) is 3. The molecule has 0 amide bonds. The van der Waals surface area contributed by atoms with Crippen molar-refractivity contribution in [1.82, 2.24) is 19.5 Å². The van der Waals surface area contributed by atoms with Crippen molar-refractivity contribution < 1.29 is 8.42 Å². The average Bonchev–Trinajstić information content (AvgIpc) is 2.78. The van der Waals surface area contributed by atoms with Gasteiger partial charge < -0.3 is 4.57 Å². The van der Waals surface area contributed by atoms with Crippen molar-refractivity contribution >= 4 is 41.9 Å². The van der Waals surface area contributed by atoms with Gasteiger partial charge in [-0.1, -0.05) is 15.9 Å². The van der Waals surface area contributed by atoms with Gasteiger partial charge in [-0.2, -0.15) is 0 Å². The molecule has 0 fully saturated rings. The highest BCUT2D eigenvalue weighted by Crippen LogP contribution is 2.25. The van der Waals surface area contributed by atoms with E-state index in [4.69, 9.17) is 0 Å². The standard InChI is InChI=1S/C11H12Br2N4O2S/c1-17-7-14-16-11(17)4-5-15-20(18,19)10-6-8(12)2-3-9(10)13/h2-3,6-7,15H,4-5H2,1H3. The van der Waals surface area contributed by atoms with Crippen LogP contribution in [0.4, 0.5) is 0 Å². The fourth-order valence-corrected chi connectivity index (χ4v) is 4.12. The van der Waals surface area contributed by atoms with Crippen LogP contribution in [0.25, 0.3) is 0 Å². The maximum Gasteiger partial charge on any atom is 0.241 e. The van der Waals surface area contributed by atoms with Crippen molar-refractivity contribution in [2.45, 2.75) is 11.3 Å². The lowest BCUT2D eigenvalue weighted by Crippen LogP contribution is -2.27. The van der Waals surface area contributed by atoms with Crippen LogP contribution in [0.2, 0.25) is 0 Å². The topological polar surface area (TPSA) is 76.9 Å². The van der Waals surface area contributed by atoms with Crippen molar-refractivity contribution in [3.8, 4) is 0 Å². The highest BCUT2D eigenvalue weighted by molar-refractivity contribution is 9.11. The first-order valence-electron chi connectivity index (χ1n) is 5.68. The van der Waals surface area contributed by atoms with Gasteiger partial charge in [0.2, 0.25) is 10.0 Å². The molecule has 9 heteroatoms. The first-order chi connectivity index (χ1) is 9.40. The SMILES string of the molecule is Cn1cnnc1CCNS(=O)(=O)c1cc(Br)ccc1Br. The van der Waals surface area contributed by atoms with Gasteiger partial charge in [-0.3, -0.25) is 0 Å². The van der Waals surface area contributed by atoms with Crippen molar-refractivity contribution in [3.63, 3.8) is 0 Å². The Balaban J connectivity index is 2.08. The number of halogens is 2. The zero-order valence-electron chi connectivity index (χ0n) is 10.5. The van der Waals surface area contributed by atoms with Gasteiger partial charge in [0, 0.05) is 29.0 Å². The average molecular weight is 424 g/mol. The van der Waals surface area contributed by atoms with E-state index in [9.17, 15) is 8.42 Å². The Morgan fingerprint density at radius 3 is 2.75 bits per heavy atom. The second-order valence-electron chi connectivity index (χ2n) is 4.08. The molecule has 2 rings (SSSR count). The number of hydrogen-bond donors (Lipinski definition) is 1. The minimum atomic E-state index is -3.56. The van der Waals surface area contributed by atoms with Gasteiger partial charge in [0.25, 0.3) is 0 Å². The van der Waals surface area contributed by atoms with E-state index in [-0.39, 0.29) is 11.4 Å². The predicted octanol–water partition coefficient (Wildman–Crippen LogP) is 1.86. The van der Waals surface area contributed by atoms with E-state index in [2.05, 4.69) is 46.8 Å². The summed E-state index contributed by atoms with van der Waals surface area (Å²) in [6.07, 6.45) is 2.05. The molecule has 6 nitrogen and oxygen atoms in total. The minimum absolute atomic E-state index is 0.199. The van der Waals surface area contributed by atoms with Crippen molar-refractivity contribution in [1.29, 1.82) is 0 Å². The molecule has 1 aromatic heterocycles. The normalized spacial score (nSPS) is 11.8. The van der Waals surface area contributed by atoms with E-state index in [0.29, 0.717) is 15.4 Å². The van der Waals surface area contributed by atoms with Crippen LogP contribution in [0.15, 0.2) is 38.4 Å². The maximum absolute atomic E-state index is 12.2. The Bertz CT molecular complexity index is 715. The molecule has 1 N–H and O–H groups in total. The lowest BCUT2D eigenvalue weighted by molar-refractivity contribution is 0.579. The Labute approximate surface area is 133 Å². The van der Waals surface area contributed by atoms with Gasteiger partial charge in [-0.25, -0.2) is 13.1 Å². The number of sulfonamides is 1. The van der Waals surface area contributed by atoms with Crippen LogP contribution in [0, 0.1) is 0 Å². The second-order valence-corrected chi connectivity index (χ2v) is 7.59. The summed E-state index contributed by atoms with van der Waals surface area (Å²) in [4.78, 5) is 0.199. The van der Waals surface area contributed by atoms with Gasteiger partial charge in [0.1, 0.15) is 12.2 Å². The largest absolute Gasteiger partial charge is 0.321 e. The van der Waals surface area contributed by atoms with Crippen LogP contribution in [-0.2, 0) is 23.5 Å². The summed E-state index contributed by atoms with van der Waals surface area (Å²) in [7, 11) is -1.75. The molecule has 0 aliphatic rings. The van der Waals surface area contributed by atoms with Gasteiger partial charge in [0.05, 0.1) is 4.90 Å². The van der Waals surface area contributed by atoms with E-state index in [1.165, 1.54) is 0 Å². The molecule has 1 aromatic carbocycles. The number of benzene rings is 1. The van der Waals surface area contributed by atoms with Crippen molar-refractivity contribution in [2.24, 2.45) is 7.05 Å². The zero-order valence-corrected chi connectivity index (χ0v) is 14.5. The van der Waals surface area contributed by atoms with Crippen LogP contribution in [-0.4, -0.2) is 29.7 Å². The number of nitrogens with one attached hydrogen (secondary N) is 1. The maximum atomic E-state index is 12.2. The number of rotatable bonds is 5. The van der Waals surface area contributed by atoms with Crippen molar-refractivity contribution in [2.75, 3.05) is 6.54 Å². The molecule has 0 aliphatic carbocycles. The summed E-state index contributed by atoms with van der Waals surface area (Å²) in [5.41, 5.74) is 0. The van der Waals surface area contributed by atoms with Crippen LogP contribution >= 0.6 is 31.9 Å². The van der Waals surface area contributed by atoms with Gasteiger partial charge in [-0.15, -0.1) is 10.2 Å². The van der Waals surface area contributed by atoms with Gasteiger partial charge in [0.15, 0.2) is 0 Å². The second kappa shape index (κ2) is 6.33. The molecule has 0 unspecified atom stereocenters. The lowest BCUT2D eigenvalue weighted by Gasteiger charge is -2.08. The molecule has 0 saturated heterocycles. The first-order valence-corrected chi connectivity index (χ1v) is 8.74. The molecule has 0 atom stereocenters. The quantitative estimate of drug-likeness (QED) is 0.796. The summed E-state index contributed by atoms with van der Waals surface area (Å²) in [6.45, 7) is 0.258. The van der Waals surface area contributed by atoms with E-state index in [0.717, 1.165) is 5.82 Å². The molecule has 0 aliphatic heterocycles. The molecule has 20 heavy (non-hydrogen) atoms. The monoisotopic (exact) mass is 422 g/mol. The molecule has 0 bridgehead atoms. The zero-order chi connectivity index (χ0) is 14.8. The smallest absolute Gasteiger partial charge is 0.241 e. The lowest BCUT2D eigenvalue weighted by atomic mass is 10.4. The summed E-state index contributed by atoms with van der Waals surface area (Å²) < 4.78 is 30.0. The third-order valence-corrected chi connectivity index (χ3v) is 5.58. The number of aromatic nitrogens is 3. The number of hydrogen-bond acceptors (Lipinski definition) is 4. The molecule has 1 heterocycles. The molecule has 2 aromatic rings. The third kappa shape index (κ3) is 3.66. The summed E-state index contributed by atoms with van der Waals surface area (Å²) in [6, 6.07) is 5.00. The van der Waals surface area contributed by atoms with Crippen LogP contribution < -0.4 is 4.72 Å². The van der Waals surface area contributed by atoms with Crippen LogP contribution in [0.5, 0.6) is 0 Å². The Hall–Kier alpha value is -0.770. The molecule has 0 saturated carbocycles. The highest BCUT2D eigenvalue weighted by atomic mass is 79.9. The van der Waals surface area contributed by atoms with E-state index >= 15 is 0 Å². The van der Waals surface area contributed by atoms with E-state index in [1.807, 2.05) is 7.05 Å². The van der Waals surface area contributed by atoms with E-state index < -0.39 is 10.0 Å². The van der Waals surface area contributed by atoms with Gasteiger partial charge >= 0.3 is 0 Å². The molecule has 108 valence electrons. The van der Waals surface area contributed by atoms with E-state index in [1.54, 1.807) is 29.1 Å². The van der Waals surface area contributed by atoms with Crippen LogP contribution in [0.1, 0.15) is 5.82 Å². The minimum Gasteiger partial charge on any atom is -0.321 e. The Morgan fingerprint density at radius 1 is 1.35 bits per heavy atom. The summed E-state index contributed by atoms with van der Waals surface area (Å²) >= 11 is 6.51. The number of aryl methyl sites for hydroxylation is 1. The Kier molecular flexibility index (Phi) is 4.95. The molecular weight excluding hydrogens is 412 g/mol. The molecule has 0 radical (unpaired) electrons. The van der Waals surface area contributed by atoms with Gasteiger partial charge in [-0.05, 0) is 34.1 Å². The highest BCUT2D eigenvalue weighted by Gasteiger charge is 2.17. The summed E-state index contributed by atoms with van der Waals surface area (Å²) in [5.74, 6) is 0.723. The van der Waals surface area contributed by atoms with Crippen LogP contribution in [0.3, 0.4) is 0 Å². The predicted molar refractivity (Wildman–Crippen MR) is 81.7 cm³/mol. The Morgan fingerprint density at radius 2 is 2.10 bits per heavy atom. The fourth-order valence-electron chi connectivity index (χ4n) is 1.59.